The molecule has 108 valence electrons. The summed E-state index contributed by atoms with van der Waals surface area (Å²) in [6.07, 6.45) is -0.357. The van der Waals surface area contributed by atoms with E-state index >= 15 is 0 Å². The Morgan fingerprint density at radius 3 is 2.50 bits per heavy atom. The number of hydrogen-bond acceptors (Lipinski definition) is 3. The molecule has 1 rings (SSSR count). The number of benzene rings is 1. The second-order valence-electron chi connectivity index (χ2n) is 4.74. The zero-order valence-electron chi connectivity index (χ0n) is 11.5. The molecule has 0 bridgehead atoms. The molecule has 0 radical (unpaired) electrons. The fourth-order valence-corrected chi connectivity index (χ4v) is 1.81. The van der Waals surface area contributed by atoms with Gasteiger partial charge in [0.05, 0.1) is 12.8 Å². The second-order valence-corrected chi connectivity index (χ2v) is 4.74. The Bertz CT molecular complexity index is 540. The number of carbonyl (C=O) groups excluding carboxylic acids is 2. The molecule has 6 heteroatoms. The highest BCUT2D eigenvalue weighted by Gasteiger charge is 2.22. The van der Waals surface area contributed by atoms with E-state index in [1.54, 1.807) is 0 Å². The number of carbonyl (C=O) groups is 3. The Labute approximate surface area is 117 Å². The lowest BCUT2D eigenvalue weighted by molar-refractivity contribution is -0.143. The van der Waals surface area contributed by atoms with Gasteiger partial charge in [0.15, 0.2) is 0 Å². The van der Waals surface area contributed by atoms with Crippen LogP contribution in [-0.4, -0.2) is 28.9 Å². The van der Waals surface area contributed by atoms with Crippen LogP contribution in [0.1, 0.15) is 23.1 Å². The van der Waals surface area contributed by atoms with Crippen molar-refractivity contribution in [2.24, 2.45) is 5.73 Å². The van der Waals surface area contributed by atoms with Crippen molar-refractivity contribution in [1.82, 2.24) is 5.32 Å². The van der Waals surface area contributed by atoms with Crippen LogP contribution in [0, 0.1) is 13.8 Å². The highest BCUT2D eigenvalue weighted by molar-refractivity contribution is 5.88. The van der Waals surface area contributed by atoms with E-state index in [4.69, 9.17) is 10.8 Å². The standard InChI is InChI=1S/C14H18N2O4/c1-8-3-4-9(2)10(5-8)6-13(18)16-11(14(19)20)7-12(15)17/h3-5,11H,6-7H2,1-2H3,(H2,15,17)(H,16,18)(H,19,20). The van der Waals surface area contributed by atoms with Crippen LogP contribution in [0.25, 0.3) is 0 Å². The first-order valence-corrected chi connectivity index (χ1v) is 6.16. The summed E-state index contributed by atoms with van der Waals surface area (Å²) >= 11 is 0. The van der Waals surface area contributed by atoms with Gasteiger partial charge in [-0.1, -0.05) is 23.8 Å². The summed E-state index contributed by atoms with van der Waals surface area (Å²) in [6, 6.07) is 4.42. The summed E-state index contributed by atoms with van der Waals surface area (Å²) in [5.41, 5.74) is 7.74. The SMILES string of the molecule is Cc1ccc(C)c(CC(=O)NC(CC(N)=O)C(=O)O)c1. The number of amides is 2. The van der Waals surface area contributed by atoms with Crippen molar-refractivity contribution >= 4 is 17.8 Å². The van der Waals surface area contributed by atoms with E-state index in [-0.39, 0.29) is 6.42 Å². The number of hydrogen-bond donors (Lipinski definition) is 3. The maximum Gasteiger partial charge on any atom is 0.326 e. The maximum absolute atomic E-state index is 11.8. The van der Waals surface area contributed by atoms with Crippen LogP contribution in [-0.2, 0) is 20.8 Å². The molecule has 1 aromatic rings. The van der Waals surface area contributed by atoms with Crippen molar-refractivity contribution in [3.8, 4) is 0 Å². The minimum atomic E-state index is -1.29. The molecule has 0 aliphatic heterocycles. The van der Waals surface area contributed by atoms with Gasteiger partial charge in [0.1, 0.15) is 6.04 Å². The average Bonchev–Trinajstić information content (AvgIpc) is 2.32. The normalized spacial score (nSPS) is 11.7. The molecule has 0 aromatic heterocycles. The lowest BCUT2D eigenvalue weighted by Gasteiger charge is -2.13. The van der Waals surface area contributed by atoms with E-state index in [9.17, 15) is 14.4 Å². The van der Waals surface area contributed by atoms with E-state index in [2.05, 4.69) is 5.32 Å². The van der Waals surface area contributed by atoms with Crippen molar-refractivity contribution in [2.75, 3.05) is 0 Å². The molecule has 0 aliphatic rings. The molecule has 1 unspecified atom stereocenters. The van der Waals surface area contributed by atoms with Crippen LogP contribution in [0.3, 0.4) is 0 Å². The van der Waals surface area contributed by atoms with Crippen LogP contribution in [0.2, 0.25) is 0 Å². The maximum atomic E-state index is 11.8. The molecular weight excluding hydrogens is 260 g/mol. The minimum absolute atomic E-state index is 0.0655. The number of carboxylic acids is 1. The second kappa shape index (κ2) is 6.70. The number of carboxylic acid groups (broad SMARTS) is 1. The molecule has 1 atom stereocenters. The summed E-state index contributed by atoms with van der Waals surface area (Å²) in [5.74, 6) is -2.50. The van der Waals surface area contributed by atoms with Gasteiger partial charge < -0.3 is 16.2 Å². The van der Waals surface area contributed by atoms with Crippen LogP contribution in [0.5, 0.6) is 0 Å². The smallest absolute Gasteiger partial charge is 0.326 e. The van der Waals surface area contributed by atoms with Crippen LogP contribution < -0.4 is 11.1 Å². The van der Waals surface area contributed by atoms with Crippen LogP contribution in [0.4, 0.5) is 0 Å². The van der Waals surface area contributed by atoms with E-state index in [1.165, 1.54) is 0 Å². The summed E-state index contributed by atoms with van der Waals surface area (Å²) in [4.78, 5) is 33.5. The third kappa shape index (κ3) is 4.72. The monoisotopic (exact) mass is 278 g/mol. The summed E-state index contributed by atoms with van der Waals surface area (Å²) < 4.78 is 0. The Kier molecular flexibility index (Phi) is 5.25. The van der Waals surface area contributed by atoms with Crippen LogP contribution >= 0.6 is 0 Å². The Morgan fingerprint density at radius 2 is 1.95 bits per heavy atom. The van der Waals surface area contributed by atoms with E-state index < -0.39 is 30.2 Å². The number of nitrogens with two attached hydrogens (primary N) is 1. The fourth-order valence-electron chi connectivity index (χ4n) is 1.81. The number of aryl methyl sites for hydroxylation is 2. The molecule has 20 heavy (non-hydrogen) atoms. The highest BCUT2D eigenvalue weighted by Crippen LogP contribution is 2.11. The van der Waals surface area contributed by atoms with Crippen molar-refractivity contribution in [3.05, 3.63) is 34.9 Å². The first-order chi connectivity index (χ1) is 9.29. The Morgan fingerprint density at radius 1 is 1.30 bits per heavy atom. The molecule has 0 spiro atoms. The summed E-state index contributed by atoms with van der Waals surface area (Å²) in [5, 5.41) is 11.2. The molecule has 6 nitrogen and oxygen atoms in total. The van der Waals surface area contributed by atoms with Gasteiger partial charge in [-0.05, 0) is 25.0 Å². The van der Waals surface area contributed by atoms with Gasteiger partial charge in [-0.15, -0.1) is 0 Å². The van der Waals surface area contributed by atoms with Crippen LogP contribution in [0.15, 0.2) is 18.2 Å². The molecule has 0 saturated carbocycles. The number of rotatable bonds is 6. The zero-order valence-corrected chi connectivity index (χ0v) is 11.5. The third-order valence-corrected chi connectivity index (χ3v) is 2.89. The summed E-state index contributed by atoms with van der Waals surface area (Å²) in [7, 11) is 0. The van der Waals surface area contributed by atoms with Crippen molar-refractivity contribution < 1.29 is 19.5 Å². The number of primary amides is 1. The van der Waals surface area contributed by atoms with E-state index in [1.807, 2.05) is 32.0 Å². The van der Waals surface area contributed by atoms with Crippen molar-refractivity contribution in [3.63, 3.8) is 0 Å². The first-order valence-electron chi connectivity index (χ1n) is 6.16. The van der Waals surface area contributed by atoms with Gasteiger partial charge in [-0.2, -0.15) is 0 Å². The molecule has 0 saturated heterocycles. The fraction of sp³-hybridized carbons (Fsp3) is 0.357. The average molecular weight is 278 g/mol. The first kappa shape index (κ1) is 15.7. The molecule has 0 fully saturated rings. The minimum Gasteiger partial charge on any atom is -0.480 e. The van der Waals surface area contributed by atoms with Gasteiger partial charge in [-0.25, -0.2) is 4.79 Å². The number of nitrogens with one attached hydrogen (secondary N) is 1. The lowest BCUT2D eigenvalue weighted by atomic mass is 10.0. The van der Waals surface area contributed by atoms with Crippen molar-refractivity contribution in [1.29, 1.82) is 0 Å². The molecule has 0 heterocycles. The molecule has 2 amide bonds. The molecule has 1 aromatic carbocycles. The summed E-state index contributed by atoms with van der Waals surface area (Å²) in [6.45, 7) is 3.79. The van der Waals surface area contributed by atoms with Gasteiger partial charge in [0, 0.05) is 0 Å². The molecule has 4 N–H and O–H groups in total. The van der Waals surface area contributed by atoms with E-state index in [0.717, 1.165) is 16.7 Å². The van der Waals surface area contributed by atoms with Crippen molar-refractivity contribution in [2.45, 2.75) is 32.7 Å². The topological polar surface area (TPSA) is 109 Å². The van der Waals surface area contributed by atoms with Gasteiger partial charge in [0.25, 0.3) is 0 Å². The highest BCUT2D eigenvalue weighted by atomic mass is 16.4. The third-order valence-electron chi connectivity index (χ3n) is 2.89. The predicted molar refractivity (Wildman–Crippen MR) is 73.0 cm³/mol. The van der Waals surface area contributed by atoms with Gasteiger partial charge >= 0.3 is 5.97 Å². The quantitative estimate of drug-likeness (QED) is 0.694. The lowest BCUT2D eigenvalue weighted by Crippen LogP contribution is -2.43. The zero-order chi connectivity index (χ0) is 15.3. The van der Waals surface area contributed by atoms with Gasteiger partial charge in [0.2, 0.25) is 11.8 Å². The predicted octanol–water partition coefficient (Wildman–Crippen LogP) is 0.291. The Balaban J connectivity index is 2.72. The number of aliphatic carboxylic acids is 1. The molecule has 0 aliphatic carbocycles. The van der Waals surface area contributed by atoms with Gasteiger partial charge in [-0.3, -0.25) is 9.59 Å². The molecular formula is C14H18N2O4. The Hall–Kier alpha value is -2.37. The largest absolute Gasteiger partial charge is 0.480 e. The van der Waals surface area contributed by atoms with E-state index in [0.29, 0.717) is 0 Å².